The van der Waals surface area contributed by atoms with Gasteiger partial charge in [-0.2, -0.15) is 0 Å². The Morgan fingerprint density at radius 2 is 1.95 bits per heavy atom. The van der Waals surface area contributed by atoms with Crippen molar-refractivity contribution < 1.29 is 9.72 Å². The van der Waals surface area contributed by atoms with E-state index in [1.165, 1.54) is 12.1 Å². The van der Waals surface area contributed by atoms with E-state index < -0.39 is 4.92 Å². The first-order chi connectivity index (χ1) is 9.95. The zero-order chi connectivity index (χ0) is 15.4. The summed E-state index contributed by atoms with van der Waals surface area (Å²) >= 11 is 4.98. The normalized spacial score (nSPS) is 10.4. The molecule has 1 amide bonds. The third-order valence-corrected chi connectivity index (χ3v) is 4.56. The average molecular weight is 369 g/mol. The highest BCUT2D eigenvalue weighted by Crippen LogP contribution is 2.23. The topological polar surface area (TPSA) is 63.5 Å². The molecule has 0 aliphatic carbocycles. The Balaban J connectivity index is 1.95. The number of benzene rings is 1. The molecule has 7 heteroatoms. The van der Waals surface area contributed by atoms with Crippen LogP contribution in [0.5, 0.6) is 0 Å². The number of nitro groups is 1. The summed E-state index contributed by atoms with van der Waals surface area (Å²) < 4.78 is 1.04. The molecule has 0 aliphatic heterocycles. The van der Waals surface area contributed by atoms with E-state index in [2.05, 4.69) is 15.9 Å². The SMILES string of the molecule is CN(Cc1ccc(Br)s1)C(=O)Cc1ccc([N+](=O)[O-])cc1. The fraction of sp³-hybridized carbons (Fsp3) is 0.214. The molecule has 2 aromatic rings. The van der Waals surface area contributed by atoms with E-state index in [0.29, 0.717) is 6.54 Å². The third kappa shape index (κ3) is 4.37. The fourth-order valence-corrected chi connectivity index (χ4v) is 3.34. The van der Waals surface area contributed by atoms with E-state index in [0.717, 1.165) is 14.2 Å². The largest absolute Gasteiger partial charge is 0.340 e. The van der Waals surface area contributed by atoms with Crippen LogP contribution in [-0.4, -0.2) is 22.8 Å². The first-order valence-corrected chi connectivity index (χ1v) is 7.78. The van der Waals surface area contributed by atoms with E-state index in [4.69, 9.17) is 0 Å². The van der Waals surface area contributed by atoms with Crippen molar-refractivity contribution in [3.8, 4) is 0 Å². The minimum Gasteiger partial charge on any atom is -0.340 e. The molecule has 0 unspecified atom stereocenters. The van der Waals surface area contributed by atoms with Gasteiger partial charge in [0.2, 0.25) is 5.91 Å². The number of hydrogen-bond donors (Lipinski definition) is 0. The lowest BCUT2D eigenvalue weighted by Crippen LogP contribution is -2.27. The number of nitrogens with zero attached hydrogens (tertiary/aromatic N) is 2. The van der Waals surface area contributed by atoms with Crippen molar-refractivity contribution in [2.75, 3.05) is 7.05 Å². The second kappa shape index (κ2) is 6.82. The van der Waals surface area contributed by atoms with E-state index >= 15 is 0 Å². The van der Waals surface area contributed by atoms with Gasteiger partial charge in [0.05, 0.1) is 21.7 Å². The number of hydrogen-bond acceptors (Lipinski definition) is 4. The van der Waals surface area contributed by atoms with Gasteiger partial charge in [0.15, 0.2) is 0 Å². The van der Waals surface area contributed by atoms with Crippen LogP contribution in [0.1, 0.15) is 10.4 Å². The van der Waals surface area contributed by atoms with Crippen LogP contribution >= 0.6 is 27.3 Å². The van der Waals surface area contributed by atoms with Gasteiger partial charge in [0.1, 0.15) is 0 Å². The van der Waals surface area contributed by atoms with Crippen LogP contribution < -0.4 is 0 Å². The number of thiophene rings is 1. The molecule has 2 rings (SSSR count). The molecule has 0 saturated carbocycles. The minimum atomic E-state index is -0.452. The van der Waals surface area contributed by atoms with Gasteiger partial charge in [-0.15, -0.1) is 11.3 Å². The predicted molar refractivity (Wildman–Crippen MR) is 85.3 cm³/mol. The first kappa shape index (κ1) is 15.7. The first-order valence-electron chi connectivity index (χ1n) is 6.17. The summed E-state index contributed by atoms with van der Waals surface area (Å²) in [6, 6.07) is 9.99. The number of amides is 1. The van der Waals surface area contributed by atoms with E-state index in [1.807, 2.05) is 12.1 Å². The van der Waals surface area contributed by atoms with Crippen molar-refractivity contribution in [2.24, 2.45) is 0 Å². The highest BCUT2D eigenvalue weighted by molar-refractivity contribution is 9.11. The highest BCUT2D eigenvalue weighted by Gasteiger charge is 2.12. The van der Waals surface area contributed by atoms with Crippen molar-refractivity contribution in [3.63, 3.8) is 0 Å². The molecule has 110 valence electrons. The molecule has 0 N–H and O–H groups in total. The summed E-state index contributed by atoms with van der Waals surface area (Å²) in [7, 11) is 1.75. The summed E-state index contributed by atoms with van der Waals surface area (Å²) in [5.41, 5.74) is 0.799. The number of rotatable bonds is 5. The maximum absolute atomic E-state index is 12.1. The highest BCUT2D eigenvalue weighted by atomic mass is 79.9. The smallest absolute Gasteiger partial charge is 0.269 e. The van der Waals surface area contributed by atoms with E-state index in [1.54, 1.807) is 35.4 Å². The van der Waals surface area contributed by atoms with Gasteiger partial charge in [-0.1, -0.05) is 12.1 Å². The summed E-state index contributed by atoms with van der Waals surface area (Å²) in [6.07, 6.45) is 0.237. The van der Waals surface area contributed by atoms with Gasteiger partial charge in [0.25, 0.3) is 5.69 Å². The van der Waals surface area contributed by atoms with Crippen molar-refractivity contribution in [1.82, 2.24) is 4.90 Å². The fourth-order valence-electron chi connectivity index (χ4n) is 1.80. The Bertz CT molecular complexity index is 654. The number of carbonyl (C=O) groups is 1. The van der Waals surface area contributed by atoms with Crippen molar-refractivity contribution in [2.45, 2.75) is 13.0 Å². The molecule has 5 nitrogen and oxygen atoms in total. The lowest BCUT2D eigenvalue weighted by molar-refractivity contribution is -0.384. The standard InChI is InChI=1S/C14H13BrN2O3S/c1-16(9-12-6-7-13(15)21-12)14(18)8-10-2-4-11(5-3-10)17(19)20/h2-7H,8-9H2,1H3. The van der Waals surface area contributed by atoms with Gasteiger partial charge in [-0.25, -0.2) is 0 Å². The molecule has 0 spiro atoms. The number of nitro benzene ring substituents is 1. The summed E-state index contributed by atoms with van der Waals surface area (Å²) in [5, 5.41) is 10.6. The lowest BCUT2D eigenvalue weighted by Gasteiger charge is -2.16. The Morgan fingerprint density at radius 3 is 2.48 bits per heavy atom. The molecule has 1 heterocycles. The van der Waals surface area contributed by atoms with Gasteiger partial charge in [0, 0.05) is 24.1 Å². The van der Waals surface area contributed by atoms with Crippen LogP contribution in [0.4, 0.5) is 5.69 Å². The zero-order valence-electron chi connectivity index (χ0n) is 11.3. The Labute approximate surface area is 134 Å². The van der Waals surface area contributed by atoms with Crippen LogP contribution in [0.2, 0.25) is 0 Å². The Hall–Kier alpha value is -1.73. The van der Waals surface area contributed by atoms with E-state index in [-0.39, 0.29) is 18.0 Å². The van der Waals surface area contributed by atoms with Crippen molar-refractivity contribution in [3.05, 3.63) is 60.7 Å². The lowest BCUT2D eigenvalue weighted by atomic mass is 10.1. The number of non-ortho nitro benzene ring substituents is 1. The van der Waals surface area contributed by atoms with Crippen LogP contribution in [0.3, 0.4) is 0 Å². The van der Waals surface area contributed by atoms with Gasteiger partial charge in [-0.3, -0.25) is 14.9 Å². The van der Waals surface area contributed by atoms with Crippen LogP contribution in [0, 0.1) is 10.1 Å². The van der Waals surface area contributed by atoms with Crippen LogP contribution in [0.25, 0.3) is 0 Å². The van der Waals surface area contributed by atoms with E-state index in [9.17, 15) is 14.9 Å². The molecular formula is C14H13BrN2O3S. The maximum atomic E-state index is 12.1. The van der Waals surface area contributed by atoms with Gasteiger partial charge < -0.3 is 4.90 Å². The quantitative estimate of drug-likeness (QED) is 0.597. The Morgan fingerprint density at radius 1 is 1.29 bits per heavy atom. The van der Waals surface area contributed by atoms with Crippen molar-refractivity contribution in [1.29, 1.82) is 0 Å². The Kier molecular flexibility index (Phi) is 5.08. The molecule has 0 bridgehead atoms. The summed E-state index contributed by atoms with van der Waals surface area (Å²) in [5.74, 6) is -0.0200. The molecular weight excluding hydrogens is 356 g/mol. The summed E-state index contributed by atoms with van der Waals surface area (Å²) in [4.78, 5) is 25.0. The second-order valence-corrected chi connectivity index (χ2v) is 7.10. The monoisotopic (exact) mass is 368 g/mol. The molecule has 1 aromatic heterocycles. The van der Waals surface area contributed by atoms with Gasteiger partial charge in [-0.05, 0) is 33.6 Å². The van der Waals surface area contributed by atoms with Crippen LogP contribution in [0.15, 0.2) is 40.2 Å². The molecule has 0 aliphatic rings. The molecule has 21 heavy (non-hydrogen) atoms. The molecule has 1 aromatic carbocycles. The minimum absolute atomic E-state index is 0.0200. The molecule has 0 saturated heterocycles. The number of halogens is 1. The molecule has 0 atom stereocenters. The second-order valence-electron chi connectivity index (χ2n) is 4.56. The molecule has 0 fully saturated rings. The number of likely N-dealkylation sites (N-methyl/N-ethyl adjacent to an activating group) is 1. The maximum Gasteiger partial charge on any atom is 0.269 e. The van der Waals surface area contributed by atoms with Crippen LogP contribution in [-0.2, 0) is 17.8 Å². The average Bonchev–Trinajstić information content (AvgIpc) is 2.84. The molecule has 0 radical (unpaired) electrons. The third-order valence-electron chi connectivity index (χ3n) is 2.95. The summed E-state index contributed by atoms with van der Waals surface area (Å²) in [6.45, 7) is 0.558. The van der Waals surface area contributed by atoms with Crippen molar-refractivity contribution >= 4 is 38.9 Å². The zero-order valence-corrected chi connectivity index (χ0v) is 13.7. The van der Waals surface area contributed by atoms with Gasteiger partial charge >= 0.3 is 0 Å². The predicted octanol–water partition coefficient (Wildman–Crippen LogP) is 3.62. The number of carbonyl (C=O) groups excluding carboxylic acids is 1.